The maximum Gasteiger partial charge on any atom is 0.0550 e. The van der Waals surface area contributed by atoms with E-state index in [1.165, 1.54) is 5.56 Å². The Balaban J connectivity index is 2.05. The molecule has 0 saturated carbocycles. The molecule has 2 aromatic rings. The summed E-state index contributed by atoms with van der Waals surface area (Å²) in [4.78, 5) is 4.15. The van der Waals surface area contributed by atoms with Crippen molar-refractivity contribution < 1.29 is 0 Å². The van der Waals surface area contributed by atoms with Gasteiger partial charge in [0.1, 0.15) is 0 Å². The molecule has 4 heteroatoms. The van der Waals surface area contributed by atoms with Crippen LogP contribution in [0.25, 0.3) is 0 Å². The van der Waals surface area contributed by atoms with Crippen molar-refractivity contribution in [1.82, 2.24) is 4.98 Å². The van der Waals surface area contributed by atoms with Crippen LogP contribution in [-0.4, -0.2) is 12.0 Å². The van der Waals surface area contributed by atoms with Crippen molar-refractivity contribution in [2.75, 3.05) is 17.7 Å². The Hall–Kier alpha value is -1.55. The van der Waals surface area contributed by atoms with Gasteiger partial charge in [-0.3, -0.25) is 4.98 Å². The van der Waals surface area contributed by atoms with Crippen molar-refractivity contribution >= 4 is 27.3 Å². The van der Waals surface area contributed by atoms with Crippen LogP contribution >= 0.6 is 15.9 Å². The Morgan fingerprint density at radius 1 is 1.18 bits per heavy atom. The molecule has 2 N–H and O–H groups in total. The lowest BCUT2D eigenvalue weighted by Gasteiger charge is -2.09. The van der Waals surface area contributed by atoms with Gasteiger partial charge in [0.05, 0.1) is 23.8 Å². The van der Waals surface area contributed by atoms with Gasteiger partial charge < -0.3 is 10.6 Å². The number of halogens is 1. The predicted octanol–water partition coefficient (Wildman–Crippen LogP) is 3.50. The van der Waals surface area contributed by atoms with E-state index in [-0.39, 0.29) is 0 Å². The highest BCUT2D eigenvalue weighted by Crippen LogP contribution is 2.18. The third kappa shape index (κ3) is 3.20. The highest BCUT2D eigenvalue weighted by Gasteiger charge is 1.99. The lowest BCUT2D eigenvalue weighted by Crippen LogP contribution is -2.01. The monoisotopic (exact) mass is 291 g/mol. The molecular formula is C13H14BrN3. The van der Waals surface area contributed by atoms with Crippen LogP contribution in [0.4, 0.5) is 11.4 Å². The van der Waals surface area contributed by atoms with Gasteiger partial charge in [-0.25, -0.2) is 0 Å². The third-order valence-corrected chi connectivity index (χ3v) is 3.24. The minimum atomic E-state index is 0.774. The summed E-state index contributed by atoms with van der Waals surface area (Å²) >= 11 is 3.53. The Kier molecular flexibility index (Phi) is 3.98. The summed E-state index contributed by atoms with van der Waals surface area (Å²) in [6.45, 7) is 0.774. The molecular weight excluding hydrogens is 278 g/mol. The maximum atomic E-state index is 4.15. The molecule has 0 aliphatic rings. The van der Waals surface area contributed by atoms with Gasteiger partial charge in [0.2, 0.25) is 0 Å². The molecule has 0 radical (unpaired) electrons. The molecule has 0 aliphatic carbocycles. The van der Waals surface area contributed by atoms with Gasteiger partial charge >= 0.3 is 0 Å². The Bertz CT molecular complexity index is 500. The molecule has 0 amide bonds. The molecule has 1 heterocycles. The van der Waals surface area contributed by atoms with Crippen LogP contribution in [0, 0.1) is 0 Å². The van der Waals surface area contributed by atoms with E-state index in [0.29, 0.717) is 0 Å². The van der Waals surface area contributed by atoms with Crippen LogP contribution in [0.1, 0.15) is 5.56 Å². The highest BCUT2D eigenvalue weighted by atomic mass is 79.9. The van der Waals surface area contributed by atoms with Gasteiger partial charge in [-0.2, -0.15) is 0 Å². The lowest BCUT2D eigenvalue weighted by atomic mass is 10.2. The summed E-state index contributed by atoms with van der Waals surface area (Å²) < 4.78 is 1.12. The van der Waals surface area contributed by atoms with Gasteiger partial charge in [-0.05, 0) is 17.7 Å². The molecule has 2 rings (SSSR count). The van der Waals surface area contributed by atoms with E-state index in [1.807, 2.05) is 37.5 Å². The number of nitrogens with zero attached hydrogens (tertiary/aromatic N) is 1. The number of hydrogen-bond acceptors (Lipinski definition) is 3. The highest BCUT2D eigenvalue weighted by molar-refractivity contribution is 9.10. The molecule has 1 aromatic heterocycles. The normalized spacial score (nSPS) is 10.0. The molecule has 0 saturated heterocycles. The second-order valence-electron chi connectivity index (χ2n) is 3.66. The van der Waals surface area contributed by atoms with Gasteiger partial charge in [0.15, 0.2) is 0 Å². The SMILES string of the molecule is CNc1cncc(NCc2ccccc2Br)c1. The fraction of sp³-hybridized carbons (Fsp3) is 0.154. The molecule has 0 unspecified atom stereocenters. The molecule has 0 fully saturated rings. The first kappa shape index (κ1) is 11.9. The van der Waals surface area contributed by atoms with E-state index in [1.54, 1.807) is 6.20 Å². The van der Waals surface area contributed by atoms with Crippen molar-refractivity contribution in [2.45, 2.75) is 6.54 Å². The van der Waals surface area contributed by atoms with E-state index in [0.717, 1.165) is 22.4 Å². The van der Waals surface area contributed by atoms with Crippen LogP contribution in [0.5, 0.6) is 0 Å². The standard InChI is InChI=1S/C13H14BrN3/c1-15-11-6-12(9-16-8-11)17-7-10-4-2-3-5-13(10)14/h2-6,8-9,15,17H,7H2,1H3. The third-order valence-electron chi connectivity index (χ3n) is 2.47. The first-order chi connectivity index (χ1) is 8.29. The summed E-state index contributed by atoms with van der Waals surface area (Å²) in [6, 6.07) is 10.2. The Morgan fingerprint density at radius 2 is 1.94 bits per heavy atom. The smallest absolute Gasteiger partial charge is 0.0550 e. The van der Waals surface area contributed by atoms with Crippen LogP contribution in [0.3, 0.4) is 0 Å². The first-order valence-electron chi connectivity index (χ1n) is 5.39. The average molecular weight is 292 g/mol. The average Bonchev–Trinajstić information content (AvgIpc) is 2.38. The largest absolute Gasteiger partial charge is 0.387 e. The van der Waals surface area contributed by atoms with Gasteiger partial charge in [-0.15, -0.1) is 0 Å². The van der Waals surface area contributed by atoms with E-state index in [2.05, 4.69) is 37.6 Å². The van der Waals surface area contributed by atoms with Gasteiger partial charge in [0.25, 0.3) is 0 Å². The predicted molar refractivity (Wildman–Crippen MR) is 75.3 cm³/mol. The molecule has 3 nitrogen and oxygen atoms in total. The van der Waals surface area contributed by atoms with Crippen LogP contribution in [0.2, 0.25) is 0 Å². The van der Waals surface area contributed by atoms with Crippen molar-refractivity contribution in [3.8, 4) is 0 Å². The summed E-state index contributed by atoms with van der Waals surface area (Å²) in [5, 5.41) is 6.41. The summed E-state index contributed by atoms with van der Waals surface area (Å²) in [5.74, 6) is 0. The fourth-order valence-corrected chi connectivity index (χ4v) is 1.94. The van der Waals surface area contributed by atoms with Crippen molar-refractivity contribution in [2.24, 2.45) is 0 Å². The second kappa shape index (κ2) is 5.68. The Labute approximate surface area is 109 Å². The van der Waals surface area contributed by atoms with Gasteiger partial charge in [0, 0.05) is 18.1 Å². The zero-order chi connectivity index (χ0) is 12.1. The minimum absolute atomic E-state index is 0.774. The Morgan fingerprint density at radius 3 is 2.71 bits per heavy atom. The number of benzene rings is 1. The lowest BCUT2D eigenvalue weighted by molar-refractivity contribution is 1.13. The summed E-state index contributed by atoms with van der Waals surface area (Å²) in [7, 11) is 1.88. The fourth-order valence-electron chi connectivity index (χ4n) is 1.51. The van der Waals surface area contributed by atoms with Crippen LogP contribution in [0.15, 0.2) is 47.2 Å². The molecule has 0 spiro atoms. The second-order valence-corrected chi connectivity index (χ2v) is 4.51. The quantitative estimate of drug-likeness (QED) is 0.905. The van der Waals surface area contributed by atoms with E-state index < -0.39 is 0 Å². The summed E-state index contributed by atoms with van der Waals surface area (Å²) in [6.07, 6.45) is 3.61. The molecule has 1 aromatic carbocycles. The molecule has 88 valence electrons. The number of nitrogens with one attached hydrogen (secondary N) is 2. The number of anilines is 2. The summed E-state index contributed by atoms with van der Waals surface area (Å²) in [5.41, 5.74) is 3.23. The zero-order valence-corrected chi connectivity index (χ0v) is 11.2. The number of aromatic nitrogens is 1. The van der Waals surface area contributed by atoms with Crippen molar-refractivity contribution in [3.05, 3.63) is 52.8 Å². The number of pyridine rings is 1. The maximum absolute atomic E-state index is 4.15. The van der Waals surface area contributed by atoms with Gasteiger partial charge in [-0.1, -0.05) is 34.1 Å². The minimum Gasteiger partial charge on any atom is -0.387 e. The molecule has 0 atom stereocenters. The first-order valence-corrected chi connectivity index (χ1v) is 6.19. The van der Waals surface area contributed by atoms with Crippen molar-refractivity contribution in [1.29, 1.82) is 0 Å². The molecule has 0 bridgehead atoms. The van der Waals surface area contributed by atoms with Crippen LogP contribution in [-0.2, 0) is 6.54 Å². The molecule has 17 heavy (non-hydrogen) atoms. The topological polar surface area (TPSA) is 37.0 Å². The van der Waals surface area contributed by atoms with E-state index >= 15 is 0 Å². The van der Waals surface area contributed by atoms with E-state index in [4.69, 9.17) is 0 Å². The van der Waals surface area contributed by atoms with Crippen LogP contribution < -0.4 is 10.6 Å². The number of rotatable bonds is 4. The molecule has 0 aliphatic heterocycles. The number of hydrogen-bond donors (Lipinski definition) is 2. The van der Waals surface area contributed by atoms with E-state index in [9.17, 15) is 0 Å². The zero-order valence-electron chi connectivity index (χ0n) is 9.57. The van der Waals surface area contributed by atoms with Crippen molar-refractivity contribution in [3.63, 3.8) is 0 Å².